The van der Waals surface area contributed by atoms with Crippen molar-refractivity contribution in [2.45, 2.75) is 50.0 Å². The van der Waals surface area contributed by atoms with E-state index in [9.17, 15) is 0 Å². The lowest BCUT2D eigenvalue weighted by molar-refractivity contribution is 0.0514. The summed E-state index contributed by atoms with van der Waals surface area (Å²) in [6.07, 6.45) is 3.34. The van der Waals surface area contributed by atoms with Gasteiger partial charge in [-0.25, -0.2) is 0 Å². The van der Waals surface area contributed by atoms with Gasteiger partial charge in [-0.05, 0) is 37.6 Å². The van der Waals surface area contributed by atoms with Crippen LogP contribution in [0.5, 0.6) is 5.75 Å². The number of hydrogen-bond acceptors (Lipinski definition) is 3. The normalized spacial score (nSPS) is 32.1. The Morgan fingerprint density at radius 1 is 1.45 bits per heavy atom. The van der Waals surface area contributed by atoms with Crippen molar-refractivity contribution in [3.8, 4) is 5.75 Å². The third-order valence-electron chi connectivity index (χ3n) is 4.18. The summed E-state index contributed by atoms with van der Waals surface area (Å²) in [6.45, 7) is 5.54. The summed E-state index contributed by atoms with van der Waals surface area (Å²) in [5.74, 6) is 2.12. The van der Waals surface area contributed by atoms with E-state index in [1.807, 2.05) is 23.9 Å². The molecule has 1 aromatic rings. The first-order chi connectivity index (χ1) is 9.62. The van der Waals surface area contributed by atoms with Crippen LogP contribution < -0.4 is 10.1 Å². The van der Waals surface area contributed by atoms with E-state index < -0.39 is 0 Å². The lowest BCUT2D eigenvalue weighted by Gasteiger charge is -2.40. The number of ether oxygens (including phenoxy) is 1. The number of rotatable bonds is 3. The zero-order valence-corrected chi connectivity index (χ0v) is 13.7. The van der Waals surface area contributed by atoms with Crippen LogP contribution in [0.1, 0.15) is 44.7 Å². The first-order valence-electron chi connectivity index (χ1n) is 7.45. The van der Waals surface area contributed by atoms with Crippen molar-refractivity contribution in [3.63, 3.8) is 0 Å². The Hall–Kier alpha value is -0.380. The maximum Gasteiger partial charge on any atom is 0.125 e. The maximum absolute atomic E-state index is 6.40. The highest BCUT2D eigenvalue weighted by molar-refractivity contribution is 8.00. The highest BCUT2D eigenvalue weighted by atomic mass is 35.5. The molecule has 0 aromatic heterocycles. The van der Waals surface area contributed by atoms with E-state index in [-0.39, 0.29) is 5.60 Å². The largest absolute Gasteiger partial charge is 0.486 e. The minimum atomic E-state index is 0.0102. The van der Waals surface area contributed by atoms with Gasteiger partial charge in [0.25, 0.3) is 0 Å². The van der Waals surface area contributed by atoms with Crippen LogP contribution in [0.2, 0.25) is 5.02 Å². The molecule has 1 spiro atoms. The van der Waals surface area contributed by atoms with E-state index >= 15 is 0 Å². The Labute approximate surface area is 130 Å². The van der Waals surface area contributed by atoms with Gasteiger partial charge in [0.2, 0.25) is 0 Å². The van der Waals surface area contributed by atoms with Crippen molar-refractivity contribution in [2.75, 3.05) is 12.3 Å². The molecule has 3 rings (SSSR count). The smallest absolute Gasteiger partial charge is 0.125 e. The first kappa shape index (κ1) is 14.6. The minimum Gasteiger partial charge on any atom is -0.486 e. The lowest BCUT2D eigenvalue weighted by Crippen LogP contribution is -2.44. The average molecular weight is 312 g/mol. The Kier molecular flexibility index (Phi) is 4.21. The molecule has 2 heterocycles. The van der Waals surface area contributed by atoms with Crippen molar-refractivity contribution < 1.29 is 4.74 Å². The quantitative estimate of drug-likeness (QED) is 0.892. The topological polar surface area (TPSA) is 21.3 Å². The molecule has 2 nitrogen and oxygen atoms in total. The number of thioether (sulfide) groups is 1. The summed E-state index contributed by atoms with van der Waals surface area (Å²) in [5.41, 5.74) is 1.23. The molecule has 2 aliphatic heterocycles. The van der Waals surface area contributed by atoms with Crippen LogP contribution in [0.3, 0.4) is 0 Å². The van der Waals surface area contributed by atoms with Crippen LogP contribution in [0, 0.1) is 0 Å². The molecule has 3 atom stereocenters. The number of hydrogen-bond donors (Lipinski definition) is 1. The molecule has 0 amide bonds. The Morgan fingerprint density at radius 2 is 2.30 bits per heavy atom. The molecule has 1 fully saturated rings. The highest BCUT2D eigenvalue weighted by Crippen LogP contribution is 2.48. The molecular weight excluding hydrogens is 290 g/mol. The summed E-state index contributed by atoms with van der Waals surface area (Å²) in [6, 6.07) is 6.39. The summed E-state index contributed by atoms with van der Waals surface area (Å²) < 4.78 is 6.40. The van der Waals surface area contributed by atoms with E-state index in [0.29, 0.717) is 11.3 Å². The van der Waals surface area contributed by atoms with Crippen molar-refractivity contribution in [2.24, 2.45) is 0 Å². The van der Waals surface area contributed by atoms with E-state index in [0.717, 1.165) is 42.3 Å². The molecule has 0 aliphatic carbocycles. The fourth-order valence-electron chi connectivity index (χ4n) is 3.29. The Balaban J connectivity index is 1.91. The zero-order valence-electron chi connectivity index (χ0n) is 12.1. The second-order valence-electron chi connectivity index (χ2n) is 6.00. The monoisotopic (exact) mass is 311 g/mol. The third-order valence-corrected chi connectivity index (χ3v) is 5.84. The standard InChI is InChI=1S/C16H22ClNOS/c1-3-6-18-14-9-16(8-11(2)20-10-16)19-15-5-4-12(17)7-13(14)15/h4-5,7,11,14,18H,3,6,8-10H2,1-2H3. The van der Waals surface area contributed by atoms with Crippen LogP contribution in [-0.4, -0.2) is 23.1 Å². The van der Waals surface area contributed by atoms with Crippen molar-refractivity contribution >= 4 is 23.4 Å². The summed E-state index contributed by atoms with van der Waals surface area (Å²) >= 11 is 8.19. The number of fused-ring (bicyclic) bond motifs is 1. The van der Waals surface area contributed by atoms with Crippen LogP contribution in [-0.2, 0) is 0 Å². The van der Waals surface area contributed by atoms with Gasteiger partial charge in [-0.15, -0.1) is 0 Å². The predicted octanol–water partition coefficient (Wildman–Crippen LogP) is 4.43. The van der Waals surface area contributed by atoms with E-state index in [1.54, 1.807) is 0 Å². The number of benzene rings is 1. The highest BCUT2D eigenvalue weighted by Gasteiger charge is 2.45. The van der Waals surface area contributed by atoms with Crippen LogP contribution in [0.25, 0.3) is 0 Å². The maximum atomic E-state index is 6.40. The fourth-order valence-corrected chi connectivity index (χ4v) is 4.78. The molecule has 20 heavy (non-hydrogen) atoms. The molecular formula is C16H22ClNOS. The molecule has 0 bridgehead atoms. The van der Waals surface area contributed by atoms with Gasteiger partial charge in [0, 0.05) is 34.1 Å². The van der Waals surface area contributed by atoms with Crippen LogP contribution in [0.4, 0.5) is 0 Å². The van der Waals surface area contributed by atoms with Gasteiger partial charge in [0.05, 0.1) is 0 Å². The molecule has 0 saturated carbocycles. The molecule has 0 radical (unpaired) electrons. The molecule has 1 aromatic carbocycles. The van der Waals surface area contributed by atoms with Gasteiger partial charge in [0.15, 0.2) is 0 Å². The minimum absolute atomic E-state index is 0.0102. The predicted molar refractivity (Wildman–Crippen MR) is 87.0 cm³/mol. The van der Waals surface area contributed by atoms with Gasteiger partial charge < -0.3 is 10.1 Å². The van der Waals surface area contributed by atoms with Gasteiger partial charge in [-0.3, -0.25) is 0 Å². The Morgan fingerprint density at radius 3 is 3.00 bits per heavy atom. The number of halogens is 1. The van der Waals surface area contributed by atoms with Crippen molar-refractivity contribution in [1.82, 2.24) is 5.32 Å². The SMILES string of the molecule is CCCNC1CC2(CSC(C)C2)Oc2ccc(Cl)cc21. The third kappa shape index (κ3) is 2.81. The summed E-state index contributed by atoms with van der Waals surface area (Å²) in [7, 11) is 0. The fraction of sp³-hybridized carbons (Fsp3) is 0.625. The first-order valence-corrected chi connectivity index (χ1v) is 8.88. The molecule has 110 valence electrons. The zero-order chi connectivity index (χ0) is 14.2. The summed E-state index contributed by atoms with van der Waals surface area (Å²) in [4.78, 5) is 0. The van der Waals surface area contributed by atoms with Gasteiger partial charge in [-0.1, -0.05) is 25.4 Å². The van der Waals surface area contributed by atoms with Gasteiger partial charge in [0.1, 0.15) is 11.4 Å². The van der Waals surface area contributed by atoms with E-state index in [1.165, 1.54) is 5.56 Å². The molecule has 1 saturated heterocycles. The van der Waals surface area contributed by atoms with Gasteiger partial charge >= 0.3 is 0 Å². The molecule has 1 N–H and O–H groups in total. The van der Waals surface area contributed by atoms with Crippen LogP contribution in [0.15, 0.2) is 18.2 Å². The molecule has 2 aliphatic rings. The average Bonchev–Trinajstić information content (AvgIpc) is 2.77. The molecule has 4 heteroatoms. The lowest BCUT2D eigenvalue weighted by atomic mass is 9.85. The van der Waals surface area contributed by atoms with Crippen molar-refractivity contribution in [3.05, 3.63) is 28.8 Å². The van der Waals surface area contributed by atoms with E-state index in [2.05, 4.69) is 25.2 Å². The van der Waals surface area contributed by atoms with E-state index in [4.69, 9.17) is 16.3 Å². The summed E-state index contributed by atoms with van der Waals surface area (Å²) in [5, 5.41) is 5.16. The Bertz CT molecular complexity index is 495. The molecule has 3 unspecified atom stereocenters. The van der Waals surface area contributed by atoms with Gasteiger partial charge in [-0.2, -0.15) is 11.8 Å². The van der Waals surface area contributed by atoms with Crippen LogP contribution >= 0.6 is 23.4 Å². The second kappa shape index (κ2) is 5.78. The second-order valence-corrected chi connectivity index (χ2v) is 7.87. The van der Waals surface area contributed by atoms with Crippen molar-refractivity contribution in [1.29, 1.82) is 0 Å². The number of nitrogens with one attached hydrogen (secondary N) is 1.